The molecule has 0 aromatic carbocycles. The predicted molar refractivity (Wildman–Crippen MR) is 80.7 cm³/mol. The molecule has 1 saturated carbocycles. The molecule has 1 saturated heterocycles. The van der Waals surface area contributed by atoms with E-state index in [0.717, 1.165) is 32.5 Å². The molecule has 4 nitrogen and oxygen atoms in total. The maximum absolute atomic E-state index is 12.5. The molecule has 0 spiro atoms. The molecule has 0 atom stereocenters. The SMILES string of the molecule is COC1(C(=O)NCC2CCCCCCC2)CCNCC1. The first-order valence-electron chi connectivity index (χ1n) is 8.31. The van der Waals surface area contributed by atoms with Crippen molar-refractivity contribution in [3.63, 3.8) is 0 Å². The van der Waals surface area contributed by atoms with Crippen molar-refractivity contribution >= 4 is 5.91 Å². The topological polar surface area (TPSA) is 50.4 Å². The second kappa shape index (κ2) is 7.99. The van der Waals surface area contributed by atoms with Gasteiger partial charge >= 0.3 is 0 Å². The van der Waals surface area contributed by atoms with E-state index in [1.54, 1.807) is 7.11 Å². The van der Waals surface area contributed by atoms with Gasteiger partial charge in [-0.3, -0.25) is 4.79 Å². The Morgan fingerprint density at radius 3 is 2.35 bits per heavy atom. The standard InChI is InChI=1S/C16H30N2O2/c1-20-16(9-11-17-12-10-16)15(19)18-13-14-7-5-3-2-4-6-8-14/h14,17H,2-13H2,1H3,(H,18,19). The second-order valence-electron chi connectivity index (χ2n) is 6.37. The van der Waals surface area contributed by atoms with Gasteiger partial charge in [0.2, 0.25) is 0 Å². The summed E-state index contributed by atoms with van der Waals surface area (Å²) in [5.41, 5.74) is -0.590. The molecule has 0 unspecified atom stereocenters. The van der Waals surface area contributed by atoms with Crippen LogP contribution in [-0.4, -0.2) is 38.3 Å². The van der Waals surface area contributed by atoms with Gasteiger partial charge in [-0.2, -0.15) is 0 Å². The van der Waals surface area contributed by atoms with Gasteiger partial charge in [-0.25, -0.2) is 0 Å². The number of nitrogens with one attached hydrogen (secondary N) is 2. The Labute approximate surface area is 123 Å². The summed E-state index contributed by atoms with van der Waals surface area (Å²) >= 11 is 0. The van der Waals surface area contributed by atoms with Gasteiger partial charge in [-0.05, 0) is 44.7 Å². The third-order valence-corrected chi connectivity index (χ3v) is 4.99. The Hall–Kier alpha value is -0.610. The van der Waals surface area contributed by atoms with Crippen LogP contribution in [0.3, 0.4) is 0 Å². The molecule has 2 N–H and O–H groups in total. The number of rotatable bonds is 4. The monoisotopic (exact) mass is 282 g/mol. The fraction of sp³-hybridized carbons (Fsp3) is 0.938. The highest BCUT2D eigenvalue weighted by atomic mass is 16.5. The smallest absolute Gasteiger partial charge is 0.252 e. The Kier molecular flexibility index (Phi) is 6.30. The zero-order valence-electron chi connectivity index (χ0n) is 12.9. The van der Waals surface area contributed by atoms with Crippen LogP contribution in [0, 0.1) is 5.92 Å². The number of ether oxygens (including phenoxy) is 1. The maximum atomic E-state index is 12.5. The molecule has 4 heteroatoms. The summed E-state index contributed by atoms with van der Waals surface area (Å²) in [6.45, 7) is 2.56. The van der Waals surface area contributed by atoms with E-state index in [-0.39, 0.29) is 5.91 Å². The zero-order valence-corrected chi connectivity index (χ0v) is 12.9. The van der Waals surface area contributed by atoms with Crippen LogP contribution in [0.1, 0.15) is 57.8 Å². The average Bonchev–Trinajstić information content (AvgIpc) is 2.46. The minimum absolute atomic E-state index is 0.101. The van der Waals surface area contributed by atoms with Crippen LogP contribution in [0.2, 0.25) is 0 Å². The summed E-state index contributed by atoms with van der Waals surface area (Å²) in [4.78, 5) is 12.5. The summed E-state index contributed by atoms with van der Waals surface area (Å²) in [6, 6.07) is 0. The number of hydrogen-bond donors (Lipinski definition) is 2. The summed E-state index contributed by atoms with van der Waals surface area (Å²) in [5.74, 6) is 0.762. The van der Waals surface area contributed by atoms with Crippen LogP contribution in [0.25, 0.3) is 0 Å². The normalized spacial score (nSPS) is 24.6. The van der Waals surface area contributed by atoms with Gasteiger partial charge in [0.05, 0.1) is 0 Å². The van der Waals surface area contributed by atoms with Gasteiger partial charge < -0.3 is 15.4 Å². The van der Waals surface area contributed by atoms with Gasteiger partial charge in [-0.1, -0.05) is 32.1 Å². The third-order valence-electron chi connectivity index (χ3n) is 4.99. The largest absolute Gasteiger partial charge is 0.368 e. The van der Waals surface area contributed by atoms with Crippen molar-refractivity contribution < 1.29 is 9.53 Å². The van der Waals surface area contributed by atoms with E-state index in [4.69, 9.17) is 4.74 Å². The first kappa shape index (κ1) is 15.8. The summed E-state index contributed by atoms with van der Waals surface area (Å²) in [5, 5.41) is 6.46. The van der Waals surface area contributed by atoms with E-state index in [0.29, 0.717) is 5.92 Å². The van der Waals surface area contributed by atoms with Crippen molar-refractivity contribution in [2.24, 2.45) is 5.92 Å². The third kappa shape index (κ3) is 4.19. The molecule has 1 amide bonds. The van der Waals surface area contributed by atoms with Crippen molar-refractivity contribution in [1.29, 1.82) is 0 Å². The second-order valence-corrected chi connectivity index (χ2v) is 6.37. The molecule has 1 aliphatic carbocycles. The molecule has 116 valence electrons. The van der Waals surface area contributed by atoms with Crippen LogP contribution in [-0.2, 0) is 9.53 Å². The molecule has 1 heterocycles. The van der Waals surface area contributed by atoms with Gasteiger partial charge in [0, 0.05) is 13.7 Å². The number of carbonyl (C=O) groups is 1. The fourth-order valence-electron chi connectivity index (χ4n) is 3.50. The average molecular weight is 282 g/mol. The first-order valence-corrected chi connectivity index (χ1v) is 8.31. The maximum Gasteiger partial charge on any atom is 0.252 e. The number of piperidine rings is 1. The lowest BCUT2D eigenvalue weighted by Gasteiger charge is -2.35. The molecule has 2 rings (SSSR count). The quantitative estimate of drug-likeness (QED) is 0.831. The number of amides is 1. The van der Waals surface area contributed by atoms with Gasteiger partial charge in [0.15, 0.2) is 0 Å². The molecule has 20 heavy (non-hydrogen) atoms. The number of methoxy groups -OCH3 is 1. The highest BCUT2D eigenvalue weighted by Crippen LogP contribution is 2.24. The molecule has 0 radical (unpaired) electrons. The molecule has 1 aliphatic heterocycles. The van der Waals surface area contributed by atoms with Crippen LogP contribution in [0.5, 0.6) is 0 Å². The fourth-order valence-corrected chi connectivity index (χ4v) is 3.50. The van der Waals surface area contributed by atoms with E-state index in [1.165, 1.54) is 44.9 Å². The summed E-state index contributed by atoms with van der Waals surface area (Å²) in [6.07, 6.45) is 10.8. The van der Waals surface area contributed by atoms with Crippen molar-refractivity contribution in [2.75, 3.05) is 26.7 Å². The van der Waals surface area contributed by atoms with Crippen LogP contribution < -0.4 is 10.6 Å². The van der Waals surface area contributed by atoms with Crippen molar-refractivity contribution in [3.8, 4) is 0 Å². The Bertz CT molecular complexity index is 293. The lowest BCUT2D eigenvalue weighted by Crippen LogP contribution is -2.54. The van der Waals surface area contributed by atoms with E-state index in [9.17, 15) is 4.79 Å². The van der Waals surface area contributed by atoms with E-state index >= 15 is 0 Å². The van der Waals surface area contributed by atoms with Crippen LogP contribution in [0.4, 0.5) is 0 Å². The molecule has 0 aromatic rings. The lowest BCUT2D eigenvalue weighted by molar-refractivity contribution is -0.146. The Morgan fingerprint density at radius 2 is 1.75 bits per heavy atom. The van der Waals surface area contributed by atoms with Gasteiger partial charge in [-0.15, -0.1) is 0 Å². The van der Waals surface area contributed by atoms with Gasteiger partial charge in [0.1, 0.15) is 5.60 Å². The predicted octanol–water partition coefficient (Wildman–Crippen LogP) is 2.23. The summed E-state index contributed by atoms with van der Waals surface area (Å²) < 4.78 is 5.57. The van der Waals surface area contributed by atoms with E-state index < -0.39 is 5.60 Å². The molecular weight excluding hydrogens is 252 g/mol. The summed E-state index contributed by atoms with van der Waals surface area (Å²) in [7, 11) is 1.67. The number of carbonyl (C=O) groups excluding carboxylic acids is 1. The van der Waals surface area contributed by atoms with Crippen molar-refractivity contribution in [1.82, 2.24) is 10.6 Å². The molecule has 0 bridgehead atoms. The zero-order chi connectivity index (χ0) is 14.3. The molecule has 2 aliphatic rings. The van der Waals surface area contributed by atoms with Gasteiger partial charge in [0.25, 0.3) is 5.91 Å². The van der Waals surface area contributed by atoms with Crippen molar-refractivity contribution in [3.05, 3.63) is 0 Å². The van der Waals surface area contributed by atoms with Crippen LogP contribution in [0.15, 0.2) is 0 Å². The minimum Gasteiger partial charge on any atom is -0.368 e. The van der Waals surface area contributed by atoms with Crippen LogP contribution >= 0.6 is 0 Å². The molecular formula is C16H30N2O2. The highest BCUT2D eigenvalue weighted by Gasteiger charge is 2.39. The molecule has 0 aromatic heterocycles. The van der Waals surface area contributed by atoms with E-state index in [2.05, 4.69) is 10.6 Å². The minimum atomic E-state index is -0.590. The first-order chi connectivity index (χ1) is 9.77. The van der Waals surface area contributed by atoms with E-state index in [1.807, 2.05) is 0 Å². The Balaban J connectivity index is 1.80. The molecule has 2 fully saturated rings. The highest BCUT2D eigenvalue weighted by molar-refractivity contribution is 5.85. The lowest BCUT2D eigenvalue weighted by atomic mass is 9.89. The van der Waals surface area contributed by atoms with Crippen molar-refractivity contribution in [2.45, 2.75) is 63.4 Å². The number of hydrogen-bond acceptors (Lipinski definition) is 3. The Morgan fingerprint density at radius 1 is 1.15 bits per heavy atom.